The summed E-state index contributed by atoms with van der Waals surface area (Å²) in [5.74, 6) is -0.594. The van der Waals surface area contributed by atoms with Gasteiger partial charge in [-0.3, -0.25) is 9.79 Å². The predicted molar refractivity (Wildman–Crippen MR) is 67.7 cm³/mol. The fraction of sp³-hybridized carbons (Fsp3) is 0.182. The van der Waals surface area contributed by atoms with Gasteiger partial charge in [-0.1, -0.05) is 0 Å². The number of nitrogens with zero attached hydrogens (tertiary/aromatic N) is 1. The van der Waals surface area contributed by atoms with Crippen molar-refractivity contribution in [2.75, 3.05) is 18.4 Å². The summed E-state index contributed by atoms with van der Waals surface area (Å²) in [6, 6.07) is 4.07. The highest BCUT2D eigenvalue weighted by atomic mass is 16.4. The van der Waals surface area contributed by atoms with Crippen LogP contribution in [0.4, 0.5) is 5.69 Å². The van der Waals surface area contributed by atoms with Gasteiger partial charge in [0.1, 0.15) is 5.75 Å². The molecule has 0 aromatic heterocycles. The average Bonchev–Trinajstić information content (AvgIpc) is 2.82. The number of hydrogen-bond donors (Lipinski definition) is 5. The highest BCUT2D eigenvalue weighted by Gasteiger charge is 2.09. The standard InChI is InChI=1S/C10H11N3O3.CH2O2/c14-8-4-6(9(15)16)3-7(5-8)13-10-11-1-2-12-10;2-1-3/h3-5,14H,1-2H2,(H,15,16)(H2,11,12,13);1H,(H,2,3). The van der Waals surface area contributed by atoms with Gasteiger partial charge in [0.15, 0.2) is 5.96 Å². The molecule has 0 fully saturated rings. The van der Waals surface area contributed by atoms with E-state index in [-0.39, 0.29) is 17.8 Å². The van der Waals surface area contributed by atoms with E-state index < -0.39 is 5.97 Å². The number of phenolic OH excluding ortho intramolecular Hbond substituents is 1. The van der Waals surface area contributed by atoms with Crippen LogP contribution in [0, 0.1) is 0 Å². The second-order valence-corrected chi connectivity index (χ2v) is 3.46. The monoisotopic (exact) mass is 267 g/mol. The number of aromatic hydroxyl groups is 1. The maximum atomic E-state index is 10.8. The van der Waals surface area contributed by atoms with Gasteiger partial charge in [0.05, 0.1) is 12.1 Å². The number of carboxylic acids is 1. The summed E-state index contributed by atoms with van der Waals surface area (Å²) in [4.78, 5) is 23.2. The fourth-order valence-corrected chi connectivity index (χ4v) is 1.43. The number of carbonyl (C=O) groups is 2. The van der Waals surface area contributed by atoms with E-state index in [2.05, 4.69) is 15.6 Å². The summed E-state index contributed by atoms with van der Waals surface area (Å²) in [5, 5.41) is 30.9. The molecule has 102 valence electrons. The van der Waals surface area contributed by atoms with Crippen molar-refractivity contribution in [3.63, 3.8) is 0 Å². The zero-order chi connectivity index (χ0) is 14.3. The minimum absolute atomic E-state index is 0.0288. The van der Waals surface area contributed by atoms with E-state index in [9.17, 15) is 9.90 Å². The smallest absolute Gasteiger partial charge is 0.335 e. The zero-order valence-electron chi connectivity index (χ0n) is 9.83. The Morgan fingerprint density at radius 2 is 2.11 bits per heavy atom. The molecule has 1 aliphatic rings. The van der Waals surface area contributed by atoms with Gasteiger partial charge in [0.2, 0.25) is 0 Å². The van der Waals surface area contributed by atoms with E-state index in [1.165, 1.54) is 18.2 Å². The fourth-order valence-electron chi connectivity index (χ4n) is 1.43. The summed E-state index contributed by atoms with van der Waals surface area (Å²) in [6.45, 7) is 1.19. The predicted octanol–water partition coefficient (Wildman–Crippen LogP) is 0.162. The Morgan fingerprint density at radius 3 is 2.63 bits per heavy atom. The van der Waals surface area contributed by atoms with E-state index in [1.54, 1.807) is 0 Å². The van der Waals surface area contributed by atoms with Crippen molar-refractivity contribution >= 4 is 24.1 Å². The van der Waals surface area contributed by atoms with Crippen molar-refractivity contribution in [3.8, 4) is 5.75 Å². The van der Waals surface area contributed by atoms with Crippen LogP contribution in [0.25, 0.3) is 0 Å². The van der Waals surface area contributed by atoms with E-state index >= 15 is 0 Å². The Bertz CT molecular complexity index is 501. The molecule has 1 heterocycles. The number of phenols is 1. The first-order valence-electron chi connectivity index (χ1n) is 5.27. The number of rotatable bonds is 2. The molecule has 0 spiro atoms. The number of hydrogen-bond acceptors (Lipinski definition) is 6. The third-order valence-electron chi connectivity index (χ3n) is 2.10. The number of guanidine groups is 1. The number of carboxylic acid groups (broad SMARTS) is 2. The number of aliphatic imine (C=N–C) groups is 1. The van der Waals surface area contributed by atoms with Gasteiger partial charge in [0, 0.05) is 18.3 Å². The molecule has 8 heteroatoms. The minimum Gasteiger partial charge on any atom is -0.508 e. The second-order valence-electron chi connectivity index (χ2n) is 3.46. The van der Waals surface area contributed by atoms with Gasteiger partial charge >= 0.3 is 5.97 Å². The number of aromatic carboxylic acids is 1. The molecule has 8 nitrogen and oxygen atoms in total. The topological polar surface area (TPSA) is 131 Å². The number of nitrogens with one attached hydrogen (secondary N) is 2. The molecule has 0 amide bonds. The highest BCUT2D eigenvalue weighted by Crippen LogP contribution is 2.19. The first kappa shape index (κ1) is 14.3. The summed E-state index contributed by atoms with van der Waals surface area (Å²) in [7, 11) is 0. The quantitative estimate of drug-likeness (QED) is 0.482. The number of benzene rings is 1. The lowest BCUT2D eigenvalue weighted by molar-refractivity contribution is -0.122. The average molecular weight is 267 g/mol. The molecule has 5 N–H and O–H groups in total. The van der Waals surface area contributed by atoms with Gasteiger partial charge < -0.3 is 26.0 Å². The molecule has 0 atom stereocenters. The third-order valence-corrected chi connectivity index (χ3v) is 2.10. The molecule has 1 aromatic carbocycles. The first-order chi connectivity index (χ1) is 9.06. The lowest BCUT2D eigenvalue weighted by atomic mass is 10.2. The van der Waals surface area contributed by atoms with Crippen molar-refractivity contribution in [1.29, 1.82) is 0 Å². The Hall–Kier alpha value is -2.77. The molecule has 19 heavy (non-hydrogen) atoms. The lowest BCUT2D eigenvalue weighted by Crippen LogP contribution is -2.26. The lowest BCUT2D eigenvalue weighted by Gasteiger charge is -2.07. The first-order valence-corrected chi connectivity index (χ1v) is 5.27. The second kappa shape index (κ2) is 6.84. The maximum absolute atomic E-state index is 10.8. The normalized spacial score (nSPS) is 12.5. The molecule has 2 rings (SSSR count). The van der Waals surface area contributed by atoms with Crippen LogP contribution in [0.3, 0.4) is 0 Å². The van der Waals surface area contributed by atoms with Crippen molar-refractivity contribution in [2.24, 2.45) is 4.99 Å². The van der Waals surface area contributed by atoms with Gasteiger partial charge in [-0.05, 0) is 12.1 Å². The molecule has 0 unspecified atom stereocenters. The Balaban J connectivity index is 0.000000550. The Kier molecular flexibility index (Phi) is 5.15. The Morgan fingerprint density at radius 1 is 1.42 bits per heavy atom. The van der Waals surface area contributed by atoms with Gasteiger partial charge in [-0.2, -0.15) is 0 Å². The van der Waals surface area contributed by atoms with Crippen molar-refractivity contribution in [2.45, 2.75) is 0 Å². The van der Waals surface area contributed by atoms with Crippen LogP contribution < -0.4 is 10.6 Å². The molecule has 1 aromatic rings. The molecule has 0 aliphatic carbocycles. The summed E-state index contributed by atoms with van der Waals surface area (Å²) >= 11 is 0. The van der Waals surface area contributed by atoms with Crippen LogP contribution >= 0.6 is 0 Å². The van der Waals surface area contributed by atoms with Gasteiger partial charge in [0.25, 0.3) is 6.47 Å². The van der Waals surface area contributed by atoms with Crippen LogP contribution in [0.2, 0.25) is 0 Å². The van der Waals surface area contributed by atoms with E-state index in [1.807, 2.05) is 0 Å². The molecular weight excluding hydrogens is 254 g/mol. The van der Waals surface area contributed by atoms with E-state index in [0.717, 1.165) is 6.54 Å². The van der Waals surface area contributed by atoms with Crippen molar-refractivity contribution < 1.29 is 24.9 Å². The van der Waals surface area contributed by atoms with Crippen molar-refractivity contribution in [3.05, 3.63) is 23.8 Å². The van der Waals surface area contributed by atoms with Crippen LogP contribution in [0.5, 0.6) is 5.75 Å². The van der Waals surface area contributed by atoms with E-state index in [4.69, 9.17) is 15.0 Å². The molecular formula is C11H13N3O5. The Labute approximate surface area is 108 Å². The molecule has 0 bridgehead atoms. The SMILES string of the molecule is O=C(O)c1cc(O)cc(NC2=NCCN2)c1.O=CO. The molecule has 0 saturated carbocycles. The highest BCUT2D eigenvalue weighted by molar-refractivity contribution is 5.96. The zero-order valence-corrected chi connectivity index (χ0v) is 9.83. The van der Waals surface area contributed by atoms with Crippen LogP contribution in [-0.4, -0.2) is 46.8 Å². The van der Waals surface area contributed by atoms with Crippen LogP contribution in [0.1, 0.15) is 10.4 Å². The third kappa shape index (κ3) is 4.54. The van der Waals surface area contributed by atoms with E-state index in [0.29, 0.717) is 18.2 Å². The van der Waals surface area contributed by atoms with Gasteiger partial charge in [-0.25, -0.2) is 4.79 Å². The van der Waals surface area contributed by atoms with Crippen LogP contribution in [-0.2, 0) is 4.79 Å². The minimum atomic E-state index is -1.08. The van der Waals surface area contributed by atoms with Gasteiger partial charge in [-0.15, -0.1) is 0 Å². The summed E-state index contributed by atoms with van der Waals surface area (Å²) in [5.41, 5.74) is 0.520. The molecule has 0 saturated heterocycles. The molecule has 0 radical (unpaired) electrons. The summed E-state index contributed by atoms with van der Waals surface area (Å²) < 4.78 is 0. The largest absolute Gasteiger partial charge is 0.508 e. The number of anilines is 1. The van der Waals surface area contributed by atoms with Crippen molar-refractivity contribution in [1.82, 2.24) is 5.32 Å². The summed E-state index contributed by atoms with van der Waals surface area (Å²) in [6.07, 6.45) is 0. The van der Waals surface area contributed by atoms with Crippen LogP contribution in [0.15, 0.2) is 23.2 Å². The molecule has 1 aliphatic heterocycles. The maximum Gasteiger partial charge on any atom is 0.335 e.